The van der Waals surface area contributed by atoms with Crippen LogP contribution in [0.4, 0.5) is 0 Å². The van der Waals surface area contributed by atoms with E-state index in [1.807, 2.05) is 28.8 Å². The van der Waals surface area contributed by atoms with E-state index in [1.54, 1.807) is 0 Å². The summed E-state index contributed by atoms with van der Waals surface area (Å²) in [5.74, 6) is 2.73. The summed E-state index contributed by atoms with van der Waals surface area (Å²) in [4.78, 5) is 22.8. The number of aliphatic hydroxyl groups is 1. The molecule has 7 heteroatoms. The van der Waals surface area contributed by atoms with Crippen molar-refractivity contribution >= 4 is 11.6 Å². The van der Waals surface area contributed by atoms with Gasteiger partial charge in [-0.3, -0.25) is 19.0 Å². The number of β-amino-alcohol motifs (C(OH)–C–C–N with tert-alkyl or cyclic N) is 1. The van der Waals surface area contributed by atoms with E-state index in [4.69, 9.17) is 10.1 Å². The maximum Gasteiger partial charge on any atom is 0.268 e. The summed E-state index contributed by atoms with van der Waals surface area (Å²) in [7, 11) is 0. The topological polar surface area (TPSA) is 73.1 Å². The van der Waals surface area contributed by atoms with Gasteiger partial charge in [-0.1, -0.05) is 6.07 Å². The molecule has 2 aromatic rings. The summed E-state index contributed by atoms with van der Waals surface area (Å²) >= 11 is 0. The fourth-order valence-electron chi connectivity index (χ4n) is 7.73. The van der Waals surface area contributed by atoms with Crippen LogP contribution in [0.5, 0.6) is 0 Å². The zero-order valence-electron chi connectivity index (χ0n) is 19.6. The predicted molar refractivity (Wildman–Crippen MR) is 127 cm³/mol. The minimum absolute atomic E-state index is 0.0258. The molecule has 1 amide bonds. The van der Waals surface area contributed by atoms with Crippen LogP contribution in [-0.2, 0) is 6.54 Å². The van der Waals surface area contributed by atoms with Crippen LogP contribution in [0.3, 0.4) is 0 Å². The number of amides is 1. The van der Waals surface area contributed by atoms with E-state index in [0.29, 0.717) is 11.1 Å². The molecule has 3 heterocycles. The van der Waals surface area contributed by atoms with Gasteiger partial charge in [0.2, 0.25) is 0 Å². The van der Waals surface area contributed by atoms with E-state index >= 15 is 0 Å². The number of nitrogens with one attached hydrogen (secondary N) is 1. The van der Waals surface area contributed by atoms with E-state index in [-0.39, 0.29) is 12.5 Å². The molecular formula is C26H37N5O2. The molecule has 1 aliphatic heterocycles. The van der Waals surface area contributed by atoms with Gasteiger partial charge >= 0.3 is 0 Å². The van der Waals surface area contributed by atoms with Crippen LogP contribution < -0.4 is 5.32 Å². The van der Waals surface area contributed by atoms with Gasteiger partial charge in [-0.25, -0.2) is 4.98 Å². The van der Waals surface area contributed by atoms with E-state index in [0.717, 1.165) is 74.9 Å². The molecule has 4 aliphatic carbocycles. The van der Waals surface area contributed by atoms with Crippen molar-refractivity contribution in [3.63, 3.8) is 0 Å². The van der Waals surface area contributed by atoms with Gasteiger partial charge < -0.3 is 10.4 Å². The quantitative estimate of drug-likeness (QED) is 0.676. The Morgan fingerprint density at radius 2 is 1.70 bits per heavy atom. The monoisotopic (exact) mass is 451 g/mol. The lowest BCUT2D eigenvalue weighted by Gasteiger charge is -2.56. The second-order valence-electron chi connectivity index (χ2n) is 11.3. The van der Waals surface area contributed by atoms with Crippen LogP contribution in [0.25, 0.3) is 5.65 Å². The number of rotatable bonds is 7. The van der Waals surface area contributed by atoms with E-state index in [2.05, 4.69) is 15.1 Å². The minimum Gasteiger partial charge on any atom is -0.395 e. The van der Waals surface area contributed by atoms with Crippen LogP contribution in [0, 0.1) is 23.2 Å². The van der Waals surface area contributed by atoms with Crippen molar-refractivity contribution in [3.8, 4) is 0 Å². The number of aliphatic hydroxyl groups excluding tert-OH is 1. The van der Waals surface area contributed by atoms with Gasteiger partial charge in [-0.2, -0.15) is 0 Å². The van der Waals surface area contributed by atoms with Crippen molar-refractivity contribution in [1.82, 2.24) is 24.5 Å². The Morgan fingerprint density at radius 1 is 1.03 bits per heavy atom. The molecule has 5 fully saturated rings. The van der Waals surface area contributed by atoms with Gasteiger partial charge in [0, 0.05) is 52.0 Å². The number of imidazole rings is 1. The lowest BCUT2D eigenvalue weighted by molar-refractivity contribution is -0.0503. The summed E-state index contributed by atoms with van der Waals surface area (Å²) in [5, 5.41) is 12.5. The van der Waals surface area contributed by atoms with Crippen LogP contribution >= 0.6 is 0 Å². The number of carbonyl (C=O) groups excluding carboxylic acids is 1. The number of pyridine rings is 1. The molecule has 0 unspecified atom stereocenters. The molecule has 2 aromatic heterocycles. The number of fused-ring (bicyclic) bond motifs is 1. The molecule has 7 nitrogen and oxygen atoms in total. The largest absolute Gasteiger partial charge is 0.395 e. The maximum atomic E-state index is 13.3. The standard InChI is InChI=1S/C26H37N5O2/c32-9-8-29-4-6-30(7-5-29)16-22-17-31-23(2-1-3-24(31)28-22)25(33)27-18-26-13-19-10-20(14-26)12-21(11-19)15-26/h1-3,17,19-21,32H,4-16,18H2,(H,27,33). The molecule has 0 spiro atoms. The lowest BCUT2D eigenvalue weighted by Crippen LogP contribution is -2.51. The summed E-state index contributed by atoms with van der Waals surface area (Å²) < 4.78 is 1.96. The van der Waals surface area contributed by atoms with E-state index in [9.17, 15) is 4.79 Å². The molecule has 0 atom stereocenters. The Kier molecular flexibility index (Phi) is 5.67. The second-order valence-corrected chi connectivity index (χ2v) is 11.3. The fourth-order valence-corrected chi connectivity index (χ4v) is 7.73. The third kappa shape index (κ3) is 4.31. The highest BCUT2D eigenvalue weighted by Crippen LogP contribution is 2.59. The molecule has 4 bridgehead atoms. The average molecular weight is 452 g/mol. The smallest absolute Gasteiger partial charge is 0.268 e. The van der Waals surface area contributed by atoms with Crippen molar-refractivity contribution in [2.45, 2.75) is 45.1 Å². The van der Waals surface area contributed by atoms with E-state index < -0.39 is 0 Å². The lowest BCUT2D eigenvalue weighted by atomic mass is 9.49. The molecule has 7 rings (SSSR count). The van der Waals surface area contributed by atoms with Gasteiger partial charge in [0.1, 0.15) is 11.3 Å². The Bertz CT molecular complexity index is 974. The summed E-state index contributed by atoms with van der Waals surface area (Å²) in [6.45, 7) is 6.51. The predicted octanol–water partition coefficient (Wildman–Crippen LogP) is 2.39. The molecule has 33 heavy (non-hydrogen) atoms. The van der Waals surface area contributed by atoms with Crippen molar-refractivity contribution in [3.05, 3.63) is 35.8 Å². The molecule has 178 valence electrons. The second kappa shape index (κ2) is 8.67. The Labute approximate surface area is 196 Å². The summed E-state index contributed by atoms with van der Waals surface area (Å²) in [5.41, 5.74) is 2.87. The number of hydrogen-bond acceptors (Lipinski definition) is 5. The van der Waals surface area contributed by atoms with Crippen molar-refractivity contribution < 1.29 is 9.90 Å². The highest BCUT2D eigenvalue weighted by molar-refractivity contribution is 5.93. The van der Waals surface area contributed by atoms with Gasteiger partial charge in [0.15, 0.2) is 0 Å². The first-order chi connectivity index (χ1) is 16.1. The van der Waals surface area contributed by atoms with E-state index in [1.165, 1.54) is 38.5 Å². The molecule has 0 radical (unpaired) electrons. The Morgan fingerprint density at radius 3 is 2.36 bits per heavy atom. The van der Waals surface area contributed by atoms with Crippen LogP contribution in [0.1, 0.15) is 54.7 Å². The van der Waals surface area contributed by atoms with Gasteiger partial charge in [-0.05, 0) is 73.8 Å². The molecule has 1 saturated heterocycles. The molecule has 2 N–H and O–H groups in total. The minimum atomic E-state index is 0.0258. The highest BCUT2D eigenvalue weighted by Gasteiger charge is 2.50. The SMILES string of the molecule is O=C(NCC12CC3CC(CC(C3)C1)C2)c1cccc2nc(CN3CCN(CCO)CC3)cn12. The molecular weight excluding hydrogens is 414 g/mol. The van der Waals surface area contributed by atoms with Crippen LogP contribution in [-0.4, -0.2) is 76.1 Å². The number of aromatic nitrogens is 2. The average Bonchev–Trinajstić information content (AvgIpc) is 3.21. The summed E-state index contributed by atoms with van der Waals surface area (Å²) in [6.07, 6.45) is 10.3. The first-order valence-corrected chi connectivity index (χ1v) is 12.9. The molecule has 4 saturated carbocycles. The number of nitrogens with zero attached hydrogens (tertiary/aromatic N) is 4. The number of piperazine rings is 1. The van der Waals surface area contributed by atoms with Crippen molar-refractivity contribution in [2.24, 2.45) is 23.2 Å². The zero-order chi connectivity index (χ0) is 22.4. The normalized spacial score (nSPS) is 32.0. The van der Waals surface area contributed by atoms with Gasteiger partial charge in [0.05, 0.1) is 12.3 Å². The Hall–Kier alpha value is -1.96. The third-order valence-electron chi connectivity index (χ3n) is 8.83. The first-order valence-electron chi connectivity index (χ1n) is 12.9. The zero-order valence-corrected chi connectivity index (χ0v) is 19.6. The van der Waals surface area contributed by atoms with Crippen LogP contribution in [0.15, 0.2) is 24.4 Å². The Balaban J connectivity index is 1.12. The maximum absolute atomic E-state index is 13.3. The van der Waals surface area contributed by atoms with Crippen LogP contribution in [0.2, 0.25) is 0 Å². The molecule has 0 aromatic carbocycles. The fraction of sp³-hybridized carbons (Fsp3) is 0.692. The molecule has 5 aliphatic rings. The number of hydrogen-bond donors (Lipinski definition) is 2. The first kappa shape index (κ1) is 21.6. The number of carbonyl (C=O) groups is 1. The van der Waals surface area contributed by atoms with Gasteiger partial charge in [0.25, 0.3) is 5.91 Å². The van der Waals surface area contributed by atoms with Crippen molar-refractivity contribution in [2.75, 3.05) is 45.9 Å². The van der Waals surface area contributed by atoms with Crippen molar-refractivity contribution in [1.29, 1.82) is 0 Å². The third-order valence-corrected chi connectivity index (χ3v) is 8.83. The summed E-state index contributed by atoms with van der Waals surface area (Å²) in [6, 6.07) is 5.85. The highest BCUT2D eigenvalue weighted by atomic mass is 16.3. The van der Waals surface area contributed by atoms with Gasteiger partial charge in [-0.15, -0.1) is 0 Å².